The lowest BCUT2D eigenvalue weighted by atomic mass is 9.97. The zero-order chi connectivity index (χ0) is 16.7. The summed E-state index contributed by atoms with van der Waals surface area (Å²) in [4.78, 5) is 24.8. The molecule has 0 aliphatic heterocycles. The van der Waals surface area contributed by atoms with Gasteiger partial charge >= 0.3 is 0 Å². The van der Waals surface area contributed by atoms with Gasteiger partial charge in [0.2, 0.25) is 0 Å². The van der Waals surface area contributed by atoms with E-state index in [0.29, 0.717) is 16.9 Å². The Kier molecular flexibility index (Phi) is 6.10. The zero-order valence-corrected chi connectivity index (χ0v) is 13.7. The van der Waals surface area contributed by atoms with Gasteiger partial charge in [0.05, 0.1) is 19.1 Å². The summed E-state index contributed by atoms with van der Waals surface area (Å²) in [6, 6.07) is 14.5. The van der Waals surface area contributed by atoms with Crippen LogP contribution in [-0.4, -0.2) is 18.7 Å². The second-order valence-corrected chi connectivity index (χ2v) is 5.49. The molecular formula is C20H22O3. The van der Waals surface area contributed by atoms with Crippen LogP contribution in [-0.2, 0) is 6.42 Å². The molecule has 0 saturated carbocycles. The summed E-state index contributed by atoms with van der Waals surface area (Å²) in [5.74, 6) is 0.234. The number of unbranched alkanes of at least 4 members (excludes halogenated alkanes) is 1. The second-order valence-electron chi connectivity index (χ2n) is 5.49. The van der Waals surface area contributed by atoms with Gasteiger partial charge in [-0.3, -0.25) is 9.59 Å². The van der Waals surface area contributed by atoms with Crippen LogP contribution in [0.15, 0.2) is 48.5 Å². The van der Waals surface area contributed by atoms with E-state index in [2.05, 4.69) is 6.92 Å². The summed E-state index contributed by atoms with van der Waals surface area (Å²) in [5.41, 5.74) is 2.07. The van der Waals surface area contributed by atoms with Crippen LogP contribution < -0.4 is 4.74 Å². The first-order valence-corrected chi connectivity index (χ1v) is 7.94. The first-order chi connectivity index (χ1) is 11.2. The third kappa shape index (κ3) is 4.28. The molecule has 0 aliphatic carbocycles. The Labute approximate surface area is 137 Å². The molecule has 3 heteroatoms. The van der Waals surface area contributed by atoms with Gasteiger partial charge in [0.15, 0.2) is 11.6 Å². The molecule has 0 heterocycles. The lowest BCUT2D eigenvalue weighted by Crippen LogP contribution is -2.10. The number of Topliss-reactive ketones (excluding diaryl/α,β-unsaturated/α-hetero) is 2. The van der Waals surface area contributed by atoms with E-state index in [-0.39, 0.29) is 18.0 Å². The van der Waals surface area contributed by atoms with Crippen molar-refractivity contribution in [3.63, 3.8) is 0 Å². The summed E-state index contributed by atoms with van der Waals surface area (Å²) in [6.07, 6.45) is 2.84. The fourth-order valence-corrected chi connectivity index (χ4v) is 2.58. The van der Waals surface area contributed by atoms with Crippen molar-refractivity contribution in [3.05, 3.63) is 65.2 Å². The number of ether oxygens (including phenoxy) is 1. The van der Waals surface area contributed by atoms with Crippen LogP contribution in [0.4, 0.5) is 0 Å². The number of hydrogen-bond donors (Lipinski definition) is 0. The van der Waals surface area contributed by atoms with Gasteiger partial charge in [-0.25, -0.2) is 0 Å². The molecule has 0 N–H and O–H groups in total. The molecule has 0 spiro atoms. The molecule has 3 nitrogen and oxygen atoms in total. The van der Waals surface area contributed by atoms with Gasteiger partial charge in [0, 0.05) is 5.56 Å². The van der Waals surface area contributed by atoms with Gasteiger partial charge in [-0.05, 0) is 24.5 Å². The van der Waals surface area contributed by atoms with E-state index in [4.69, 9.17) is 4.74 Å². The van der Waals surface area contributed by atoms with Crippen molar-refractivity contribution in [2.24, 2.45) is 0 Å². The first-order valence-electron chi connectivity index (χ1n) is 7.94. The van der Waals surface area contributed by atoms with Gasteiger partial charge in [-0.15, -0.1) is 0 Å². The van der Waals surface area contributed by atoms with Crippen LogP contribution in [0.1, 0.15) is 52.5 Å². The van der Waals surface area contributed by atoms with Gasteiger partial charge in [-0.1, -0.05) is 55.8 Å². The third-order valence-corrected chi connectivity index (χ3v) is 3.82. The van der Waals surface area contributed by atoms with E-state index >= 15 is 0 Å². The number of para-hydroxylation sites is 1. The maximum Gasteiger partial charge on any atom is 0.174 e. The van der Waals surface area contributed by atoms with Crippen LogP contribution in [0.5, 0.6) is 5.75 Å². The molecule has 0 radical (unpaired) electrons. The molecule has 0 aliphatic rings. The van der Waals surface area contributed by atoms with Crippen LogP contribution in [0.25, 0.3) is 0 Å². The van der Waals surface area contributed by atoms with Crippen LogP contribution in [0, 0.1) is 0 Å². The maximum atomic E-state index is 12.5. The Bertz CT molecular complexity index is 675. The Morgan fingerprint density at radius 1 is 0.957 bits per heavy atom. The van der Waals surface area contributed by atoms with E-state index in [1.165, 1.54) is 0 Å². The van der Waals surface area contributed by atoms with E-state index < -0.39 is 0 Å². The van der Waals surface area contributed by atoms with Gasteiger partial charge in [0.25, 0.3) is 0 Å². The topological polar surface area (TPSA) is 43.4 Å². The minimum atomic E-state index is -0.200. The average Bonchev–Trinajstić information content (AvgIpc) is 2.60. The van der Waals surface area contributed by atoms with E-state index in [9.17, 15) is 9.59 Å². The third-order valence-electron chi connectivity index (χ3n) is 3.82. The largest absolute Gasteiger partial charge is 0.496 e. The highest BCUT2D eigenvalue weighted by atomic mass is 16.5. The molecule has 0 fully saturated rings. The summed E-state index contributed by atoms with van der Waals surface area (Å²) >= 11 is 0. The molecule has 0 amide bonds. The maximum absolute atomic E-state index is 12.5. The Hall–Kier alpha value is -2.42. The highest BCUT2D eigenvalue weighted by molar-refractivity contribution is 6.14. The number of carbonyl (C=O) groups excluding carboxylic acids is 2. The number of aryl methyl sites for hydroxylation is 1. The molecule has 2 rings (SSSR count). The average molecular weight is 310 g/mol. The van der Waals surface area contributed by atoms with Crippen LogP contribution in [0.3, 0.4) is 0 Å². The van der Waals surface area contributed by atoms with Crippen molar-refractivity contribution in [2.45, 2.75) is 32.6 Å². The van der Waals surface area contributed by atoms with Crippen molar-refractivity contribution in [3.8, 4) is 5.75 Å². The van der Waals surface area contributed by atoms with Crippen molar-refractivity contribution in [2.75, 3.05) is 7.11 Å². The van der Waals surface area contributed by atoms with Gasteiger partial charge in [0.1, 0.15) is 5.75 Å². The Balaban J connectivity index is 2.20. The lowest BCUT2D eigenvalue weighted by Gasteiger charge is -2.12. The standard InChI is InChI=1S/C20H22O3/c1-3-4-9-16-12-8-13-17(20(16)23-2)19(22)14-18(21)15-10-6-5-7-11-15/h5-8,10-13H,3-4,9,14H2,1-2H3. The fourth-order valence-electron chi connectivity index (χ4n) is 2.58. The quantitative estimate of drug-likeness (QED) is 0.533. The van der Waals surface area contributed by atoms with E-state index in [1.807, 2.05) is 18.2 Å². The number of benzene rings is 2. The molecule has 0 atom stereocenters. The summed E-state index contributed by atoms with van der Waals surface area (Å²) in [6.45, 7) is 2.13. The SMILES string of the molecule is CCCCc1cccc(C(=O)CC(=O)c2ccccc2)c1OC. The smallest absolute Gasteiger partial charge is 0.174 e. The van der Waals surface area contributed by atoms with Gasteiger partial charge in [-0.2, -0.15) is 0 Å². The predicted molar refractivity (Wildman–Crippen MR) is 91.3 cm³/mol. The number of methoxy groups -OCH3 is 1. The summed E-state index contributed by atoms with van der Waals surface area (Å²) in [5, 5.41) is 0. The van der Waals surface area contributed by atoms with Crippen LogP contribution in [0.2, 0.25) is 0 Å². The monoisotopic (exact) mass is 310 g/mol. The zero-order valence-electron chi connectivity index (χ0n) is 13.7. The molecule has 2 aromatic rings. The van der Waals surface area contributed by atoms with E-state index in [0.717, 1.165) is 24.8 Å². The molecule has 23 heavy (non-hydrogen) atoms. The number of carbonyl (C=O) groups is 2. The molecular weight excluding hydrogens is 288 g/mol. The summed E-state index contributed by atoms with van der Waals surface area (Å²) < 4.78 is 5.45. The molecule has 0 aromatic heterocycles. The fraction of sp³-hybridized carbons (Fsp3) is 0.300. The van der Waals surface area contributed by atoms with Crippen molar-refractivity contribution in [1.29, 1.82) is 0 Å². The number of rotatable bonds is 8. The van der Waals surface area contributed by atoms with E-state index in [1.54, 1.807) is 37.4 Å². The Morgan fingerprint density at radius 2 is 1.70 bits per heavy atom. The predicted octanol–water partition coefficient (Wildman–Crippen LogP) is 4.49. The molecule has 2 aromatic carbocycles. The highest BCUT2D eigenvalue weighted by Gasteiger charge is 2.19. The van der Waals surface area contributed by atoms with Gasteiger partial charge < -0.3 is 4.74 Å². The normalized spacial score (nSPS) is 10.3. The molecule has 0 saturated heterocycles. The van der Waals surface area contributed by atoms with Crippen molar-refractivity contribution < 1.29 is 14.3 Å². The lowest BCUT2D eigenvalue weighted by molar-refractivity contribution is 0.0892. The molecule has 0 unspecified atom stereocenters. The minimum absolute atomic E-state index is 0.141. The van der Waals surface area contributed by atoms with Crippen molar-refractivity contribution >= 4 is 11.6 Å². The summed E-state index contributed by atoms with van der Waals surface area (Å²) in [7, 11) is 1.57. The molecule has 0 bridgehead atoms. The minimum Gasteiger partial charge on any atom is -0.496 e. The highest BCUT2D eigenvalue weighted by Crippen LogP contribution is 2.27. The van der Waals surface area contributed by atoms with Crippen molar-refractivity contribution in [1.82, 2.24) is 0 Å². The first kappa shape index (κ1) is 16.9. The van der Waals surface area contributed by atoms with Crippen LogP contribution >= 0.6 is 0 Å². The number of ketones is 2. The second kappa shape index (κ2) is 8.28. The number of hydrogen-bond acceptors (Lipinski definition) is 3. The Morgan fingerprint density at radius 3 is 2.35 bits per heavy atom. The molecule has 120 valence electrons.